The first-order valence-corrected chi connectivity index (χ1v) is 6.33. The van der Waals surface area contributed by atoms with Crippen LogP contribution in [-0.4, -0.2) is 24.7 Å². The highest BCUT2D eigenvalue weighted by Crippen LogP contribution is 2.36. The Balaban J connectivity index is 0.00000441. The lowest BCUT2D eigenvalue weighted by atomic mass is 9.82. The molecule has 1 rings (SSSR count). The Kier molecular flexibility index (Phi) is 6.99. The lowest BCUT2D eigenvalue weighted by Crippen LogP contribution is -2.37. The van der Waals surface area contributed by atoms with Gasteiger partial charge in [0.1, 0.15) is 11.5 Å². The van der Waals surface area contributed by atoms with Crippen LogP contribution in [0, 0.1) is 5.41 Å². The zero-order chi connectivity index (χ0) is 16.4. The van der Waals surface area contributed by atoms with Crippen LogP contribution in [0.3, 0.4) is 0 Å². The Morgan fingerprint density at radius 3 is 2.14 bits per heavy atom. The monoisotopic (exact) mass is 343 g/mol. The van der Waals surface area contributed by atoms with Crippen molar-refractivity contribution in [2.75, 3.05) is 7.11 Å². The summed E-state index contributed by atoms with van der Waals surface area (Å²) in [6, 6.07) is 2.68. The van der Waals surface area contributed by atoms with Crippen LogP contribution in [0.4, 0.5) is 13.2 Å². The zero-order valence-electron chi connectivity index (χ0n) is 12.8. The summed E-state index contributed by atoms with van der Waals surface area (Å²) in [5.74, 6) is -0.116. The second-order valence-corrected chi connectivity index (χ2v) is 5.79. The molecule has 1 aromatic rings. The van der Waals surface area contributed by atoms with E-state index in [1.165, 1.54) is 13.2 Å². The standard InChI is InChI=1S/C14H20F3NO3.ClH/c1-13(2,3)12(19)11(18)9-7-8(21-14(15,16)17)5-6-10(9)20-4;/h5-7,11-12,19H,18H2,1-4H3;1H/t11-,12-;/m0./s1. The minimum Gasteiger partial charge on any atom is -0.496 e. The van der Waals surface area contributed by atoms with Crippen molar-refractivity contribution in [3.63, 3.8) is 0 Å². The minimum absolute atomic E-state index is 0. The quantitative estimate of drug-likeness (QED) is 0.879. The number of nitrogens with two attached hydrogens (primary N) is 1. The Labute approximate surface area is 133 Å². The molecule has 0 bridgehead atoms. The third-order valence-corrected chi connectivity index (χ3v) is 3.02. The Morgan fingerprint density at radius 1 is 1.18 bits per heavy atom. The summed E-state index contributed by atoms with van der Waals surface area (Å²) in [5, 5.41) is 10.2. The number of rotatable bonds is 4. The number of halogens is 4. The molecule has 3 N–H and O–H groups in total. The summed E-state index contributed by atoms with van der Waals surface area (Å²) < 4.78 is 45.8. The molecule has 0 amide bonds. The van der Waals surface area contributed by atoms with Gasteiger partial charge in [-0.05, 0) is 23.6 Å². The largest absolute Gasteiger partial charge is 0.573 e. The number of hydrogen-bond donors (Lipinski definition) is 2. The molecule has 1 aromatic carbocycles. The van der Waals surface area contributed by atoms with Crippen LogP contribution in [0.5, 0.6) is 11.5 Å². The molecular weight excluding hydrogens is 323 g/mol. The summed E-state index contributed by atoms with van der Waals surface area (Å²) in [6.45, 7) is 5.33. The van der Waals surface area contributed by atoms with E-state index in [4.69, 9.17) is 10.5 Å². The molecule has 4 nitrogen and oxygen atoms in total. The molecule has 0 radical (unpaired) electrons. The van der Waals surface area contributed by atoms with Gasteiger partial charge in [-0.1, -0.05) is 20.8 Å². The summed E-state index contributed by atoms with van der Waals surface area (Å²) in [6.07, 6.45) is -5.76. The normalized spacial score (nSPS) is 14.8. The number of benzene rings is 1. The number of hydrogen-bond acceptors (Lipinski definition) is 4. The molecule has 0 aliphatic rings. The highest BCUT2D eigenvalue weighted by atomic mass is 35.5. The first kappa shape index (κ1) is 20.8. The van der Waals surface area contributed by atoms with E-state index in [0.29, 0.717) is 5.75 Å². The number of methoxy groups -OCH3 is 1. The third-order valence-electron chi connectivity index (χ3n) is 3.02. The van der Waals surface area contributed by atoms with Gasteiger partial charge in [-0.15, -0.1) is 25.6 Å². The van der Waals surface area contributed by atoms with E-state index in [1.54, 1.807) is 20.8 Å². The molecule has 0 saturated heterocycles. The van der Waals surface area contributed by atoms with Gasteiger partial charge in [0, 0.05) is 5.56 Å². The maximum atomic E-state index is 12.3. The van der Waals surface area contributed by atoms with Crippen molar-refractivity contribution in [2.24, 2.45) is 11.1 Å². The zero-order valence-corrected chi connectivity index (χ0v) is 13.6. The number of alkyl halides is 3. The Hall–Kier alpha value is -1.18. The molecule has 2 atom stereocenters. The molecular formula is C14H21ClF3NO3. The average molecular weight is 344 g/mol. The Morgan fingerprint density at radius 2 is 1.73 bits per heavy atom. The van der Waals surface area contributed by atoms with Crippen LogP contribution in [0.15, 0.2) is 18.2 Å². The van der Waals surface area contributed by atoms with Gasteiger partial charge in [-0.2, -0.15) is 0 Å². The fraction of sp³-hybridized carbons (Fsp3) is 0.571. The van der Waals surface area contributed by atoms with Gasteiger partial charge in [0.2, 0.25) is 0 Å². The molecule has 0 unspecified atom stereocenters. The molecule has 0 spiro atoms. The SMILES string of the molecule is COc1ccc(OC(F)(F)F)cc1[C@H](N)[C@H](O)C(C)(C)C.Cl. The summed E-state index contributed by atoms with van der Waals surface area (Å²) in [4.78, 5) is 0. The fourth-order valence-corrected chi connectivity index (χ4v) is 1.88. The van der Waals surface area contributed by atoms with E-state index in [-0.39, 0.29) is 18.0 Å². The summed E-state index contributed by atoms with van der Waals surface area (Å²) >= 11 is 0. The van der Waals surface area contributed by atoms with Gasteiger partial charge in [0.15, 0.2) is 0 Å². The molecule has 8 heteroatoms. The lowest BCUT2D eigenvalue weighted by Gasteiger charge is -2.31. The van der Waals surface area contributed by atoms with Gasteiger partial charge < -0.3 is 20.3 Å². The predicted molar refractivity (Wildman–Crippen MR) is 79.3 cm³/mol. The average Bonchev–Trinajstić information content (AvgIpc) is 2.34. The third kappa shape index (κ3) is 5.55. The van der Waals surface area contributed by atoms with Gasteiger partial charge in [-0.25, -0.2) is 0 Å². The molecule has 22 heavy (non-hydrogen) atoms. The topological polar surface area (TPSA) is 64.7 Å². The highest BCUT2D eigenvalue weighted by Gasteiger charge is 2.33. The van der Waals surface area contributed by atoms with Crippen molar-refractivity contribution < 1.29 is 27.8 Å². The van der Waals surface area contributed by atoms with E-state index in [2.05, 4.69) is 4.74 Å². The van der Waals surface area contributed by atoms with Crippen molar-refractivity contribution in [1.82, 2.24) is 0 Å². The fourth-order valence-electron chi connectivity index (χ4n) is 1.88. The smallest absolute Gasteiger partial charge is 0.496 e. The van der Waals surface area contributed by atoms with Crippen LogP contribution in [0.1, 0.15) is 32.4 Å². The Bertz CT molecular complexity index is 489. The molecule has 0 aliphatic carbocycles. The summed E-state index contributed by atoms with van der Waals surface area (Å²) in [5.41, 5.74) is 5.68. The second kappa shape index (κ2) is 7.39. The molecule has 0 fully saturated rings. The van der Waals surface area contributed by atoms with Crippen molar-refractivity contribution in [3.05, 3.63) is 23.8 Å². The minimum atomic E-state index is -4.79. The maximum absolute atomic E-state index is 12.3. The van der Waals surface area contributed by atoms with E-state index in [1.807, 2.05) is 0 Å². The molecule has 0 saturated carbocycles. The molecule has 0 heterocycles. The van der Waals surface area contributed by atoms with Crippen molar-refractivity contribution >= 4 is 12.4 Å². The van der Waals surface area contributed by atoms with E-state index < -0.39 is 29.7 Å². The van der Waals surface area contributed by atoms with Crippen LogP contribution < -0.4 is 15.2 Å². The number of aliphatic hydroxyl groups is 1. The lowest BCUT2D eigenvalue weighted by molar-refractivity contribution is -0.274. The van der Waals surface area contributed by atoms with Crippen LogP contribution in [0.25, 0.3) is 0 Å². The van der Waals surface area contributed by atoms with Crippen molar-refractivity contribution in [3.8, 4) is 11.5 Å². The van der Waals surface area contributed by atoms with Gasteiger partial charge in [0.25, 0.3) is 0 Å². The van der Waals surface area contributed by atoms with Crippen molar-refractivity contribution in [2.45, 2.75) is 39.3 Å². The first-order valence-electron chi connectivity index (χ1n) is 6.33. The highest BCUT2D eigenvalue weighted by molar-refractivity contribution is 5.85. The van der Waals surface area contributed by atoms with Crippen LogP contribution in [0.2, 0.25) is 0 Å². The maximum Gasteiger partial charge on any atom is 0.573 e. The van der Waals surface area contributed by atoms with Crippen LogP contribution in [-0.2, 0) is 0 Å². The number of aliphatic hydroxyl groups excluding tert-OH is 1. The first-order chi connectivity index (χ1) is 9.45. The number of ether oxygens (including phenoxy) is 2. The van der Waals surface area contributed by atoms with E-state index in [9.17, 15) is 18.3 Å². The molecule has 0 aromatic heterocycles. The second-order valence-electron chi connectivity index (χ2n) is 5.79. The van der Waals surface area contributed by atoms with Gasteiger partial charge >= 0.3 is 6.36 Å². The van der Waals surface area contributed by atoms with Gasteiger partial charge in [0.05, 0.1) is 19.3 Å². The van der Waals surface area contributed by atoms with Gasteiger partial charge in [-0.3, -0.25) is 0 Å². The predicted octanol–water partition coefficient (Wildman–Crippen LogP) is 3.42. The van der Waals surface area contributed by atoms with E-state index in [0.717, 1.165) is 12.1 Å². The molecule has 0 aliphatic heterocycles. The van der Waals surface area contributed by atoms with E-state index >= 15 is 0 Å². The summed E-state index contributed by atoms with van der Waals surface area (Å²) in [7, 11) is 1.37. The van der Waals surface area contributed by atoms with Crippen LogP contribution >= 0.6 is 12.4 Å². The van der Waals surface area contributed by atoms with Crippen molar-refractivity contribution in [1.29, 1.82) is 0 Å². The molecule has 128 valence electrons.